The topological polar surface area (TPSA) is 72.7 Å². The molecule has 0 saturated heterocycles. The van der Waals surface area contributed by atoms with Crippen molar-refractivity contribution in [2.45, 2.75) is 13.5 Å². The van der Waals surface area contributed by atoms with Crippen LogP contribution in [0, 0.1) is 18.6 Å². The predicted molar refractivity (Wildman–Crippen MR) is 107 cm³/mol. The van der Waals surface area contributed by atoms with Gasteiger partial charge in [-0.2, -0.15) is 0 Å². The molecule has 2 aromatic heterocycles. The number of rotatable bonds is 5. The molecule has 4 aromatic rings. The Labute approximate surface area is 171 Å². The summed E-state index contributed by atoms with van der Waals surface area (Å²) in [6.45, 7) is 1.85. The molecule has 2 aromatic carbocycles. The molecular weight excluding hydrogens is 388 g/mol. The van der Waals surface area contributed by atoms with Gasteiger partial charge >= 0.3 is 0 Å². The van der Waals surface area contributed by atoms with Crippen LogP contribution in [0.1, 0.15) is 21.6 Å². The third kappa shape index (κ3) is 3.93. The molecule has 0 aliphatic carbocycles. The first-order valence-electron chi connectivity index (χ1n) is 9.18. The number of amides is 1. The van der Waals surface area contributed by atoms with E-state index in [2.05, 4.69) is 20.6 Å². The van der Waals surface area contributed by atoms with Gasteiger partial charge in [-0.3, -0.25) is 9.78 Å². The molecule has 4 rings (SSSR count). The number of carbonyl (C=O) groups excluding carboxylic acids is 1. The minimum atomic E-state index is -0.441. The van der Waals surface area contributed by atoms with Crippen molar-refractivity contribution in [3.8, 4) is 16.9 Å². The lowest BCUT2D eigenvalue weighted by Crippen LogP contribution is -2.24. The van der Waals surface area contributed by atoms with Crippen molar-refractivity contribution in [3.63, 3.8) is 0 Å². The molecule has 1 amide bonds. The van der Waals surface area contributed by atoms with Crippen LogP contribution in [0.15, 0.2) is 67.0 Å². The van der Waals surface area contributed by atoms with Crippen molar-refractivity contribution >= 4 is 5.91 Å². The molecule has 0 unspecified atom stereocenters. The minimum Gasteiger partial charge on any atom is -0.346 e. The molecule has 0 atom stereocenters. The Morgan fingerprint density at radius 3 is 2.60 bits per heavy atom. The van der Waals surface area contributed by atoms with Gasteiger partial charge in [-0.15, -0.1) is 5.10 Å². The summed E-state index contributed by atoms with van der Waals surface area (Å²) in [4.78, 5) is 17.0. The summed E-state index contributed by atoms with van der Waals surface area (Å²) >= 11 is 0. The molecule has 0 aliphatic rings. The maximum absolute atomic E-state index is 13.7. The second kappa shape index (κ2) is 8.20. The largest absolute Gasteiger partial charge is 0.346 e. The van der Waals surface area contributed by atoms with Gasteiger partial charge < -0.3 is 5.32 Å². The van der Waals surface area contributed by atoms with E-state index >= 15 is 0 Å². The fraction of sp³-hybridized carbons (Fsp3) is 0.0909. The van der Waals surface area contributed by atoms with Gasteiger partial charge in [0.05, 0.1) is 5.69 Å². The van der Waals surface area contributed by atoms with Gasteiger partial charge in [0.1, 0.15) is 17.3 Å². The SMILES string of the molecule is Cc1cc(-n2nnc(C(=O)NCc3ccc(F)cc3)c2-c2cccnc2)ccc1F. The number of pyridine rings is 1. The second-order valence-electron chi connectivity index (χ2n) is 6.68. The van der Waals surface area contributed by atoms with Gasteiger partial charge in [-0.1, -0.05) is 17.3 Å². The average Bonchev–Trinajstić information content (AvgIpc) is 3.21. The van der Waals surface area contributed by atoms with Gasteiger partial charge in [0.15, 0.2) is 5.69 Å². The van der Waals surface area contributed by atoms with E-state index in [4.69, 9.17) is 0 Å². The minimum absolute atomic E-state index is 0.104. The molecule has 0 spiro atoms. The van der Waals surface area contributed by atoms with Crippen LogP contribution < -0.4 is 5.32 Å². The highest BCUT2D eigenvalue weighted by Crippen LogP contribution is 2.25. The first kappa shape index (κ1) is 19.4. The van der Waals surface area contributed by atoms with Gasteiger partial charge in [-0.05, 0) is 60.5 Å². The van der Waals surface area contributed by atoms with Crippen molar-refractivity contribution in [2.24, 2.45) is 0 Å². The quantitative estimate of drug-likeness (QED) is 0.548. The lowest BCUT2D eigenvalue weighted by molar-refractivity contribution is 0.0946. The molecule has 0 fully saturated rings. The normalized spacial score (nSPS) is 10.8. The number of benzene rings is 2. The van der Waals surface area contributed by atoms with E-state index in [9.17, 15) is 13.6 Å². The molecule has 0 radical (unpaired) electrons. The molecule has 6 nitrogen and oxygen atoms in total. The van der Waals surface area contributed by atoms with Crippen molar-refractivity contribution in [2.75, 3.05) is 0 Å². The summed E-state index contributed by atoms with van der Waals surface area (Å²) in [6, 6.07) is 13.9. The number of carbonyl (C=O) groups is 1. The summed E-state index contributed by atoms with van der Waals surface area (Å²) in [6.07, 6.45) is 3.22. The third-order valence-electron chi connectivity index (χ3n) is 4.57. The number of hydrogen-bond donors (Lipinski definition) is 1. The molecule has 8 heteroatoms. The van der Waals surface area contributed by atoms with Crippen molar-refractivity contribution < 1.29 is 13.6 Å². The van der Waals surface area contributed by atoms with Gasteiger partial charge in [0.2, 0.25) is 0 Å². The van der Waals surface area contributed by atoms with E-state index in [0.29, 0.717) is 22.5 Å². The molecule has 0 saturated carbocycles. The molecule has 0 bridgehead atoms. The van der Waals surface area contributed by atoms with Crippen LogP contribution in [-0.4, -0.2) is 25.9 Å². The van der Waals surface area contributed by atoms with E-state index in [1.54, 1.807) is 55.7 Å². The van der Waals surface area contributed by atoms with E-state index in [-0.39, 0.29) is 23.9 Å². The molecule has 30 heavy (non-hydrogen) atoms. The van der Waals surface area contributed by atoms with Crippen LogP contribution in [-0.2, 0) is 6.54 Å². The first-order chi connectivity index (χ1) is 14.5. The fourth-order valence-corrected chi connectivity index (χ4v) is 3.01. The number of aromatic nitrogens is 4. The maximum atomic E-state index is 13.7. The van der Waals surface area contributed by atoms with Crippen LogP contribution in [0.5, 0.6) is 0 Å². The Balaban J connectivity index is 1.70. The molecule has 2 heterocycles. The molecule has 150 valence electrons. The smallest absolute Gasteiger partial charge is 0.274 e. The van der Waals surface area contributed by atoms with Crippen LogP contribution in [0.3, 0.4) is 0 Å². The number of aryl methyl sites for hydroxylation is 1. The number of hydrogen-bond acceptors (Lipinski definition) is 4. The van der Waals surface area contributed by atoms with Crippen LogP contribution in [0.4, 0.5) is 8.78 Å². The zero-order valence-corrected chi connectivity index (χ0v) is 16.0. The number of nitrogens with one attached hydrogen (secondary N) is 1. The average molecular weight is 405 g/mol. The van der Waals surface area contributed by atoms with E-state index in [1.807, 2.05) is 0 Å². The van der Waals surface area contributed by atoms with E-state index < -0.39 is 5.91 Å². The van der Waals surface area contributed by atoms with Gasteiger partial charge in [0.25, 0.3) is 5.91 Å². The molecule has 1 N–H and O–H groups in total. The Morgan fingerprint density at radius 1 is 1.10 bits per heavy atom. The third-order valence-corrected chi connectivity index (χ3v) is 4.57. The van der Waals surface area contributed by atoms with E-state index in [1.165, 1.54) is 22.9 Å². The van der Waals surface area contributed by atoms with Crippen LogP contribution in [0.25, 0.3) is 16.9 Å². The summed E-state index contributed by atoms with van der Waals surface area (Å²) in [7, 11) is 0. The highest BCUT2D eigenvalue weighted by Gasteiger charge is 2.22. The second-order valence-corrected chi connectivity index (χ2v) is 6.68. The van der Waals surface area contributed by atoms with E-state index in [0.717, 1.165) is 5.56 Å². The number of nitrogens with zero attached hydrogens (tertiary/aromatic N) is 4. The Kier molecular flexibility index (Phi) is 5.30. The van der Waals surface area contributed by atoms with Gasteiger partial charge in [-0.25, -0.2) is 13.5 Å². The number of halogens is 2. The van der Waals surface area contributed by atoms with Crippen LogP contribution in [0.2, 0.25) is 0 Å². The summed E-state index contributed by atoms with van der Waals surface area (Å²) in [5, 5.41) is 11.0. The lowest BCUT2D eigenvalue weighted by atomic mass is 10.1. The maximum Gasteiger partial charge on any atom is 0.274 e. The monoisotopic (exact) mass is 405 g/mol. The summed E-state index contributed by atoms with van der Waals surface area (Å²) in [5.74, 6) is -1.12. The summed E-state index contributed by atoms with van der Waals surface area (Å²) in [5.41, 5.74) is 2.93. The highest BCUT2D eigenvalue weighted by molar-refractivity contribution is 5.98. The zero-order chi connectivity index (χ0) is 21.1. The first-order valence-corrected chi connectivity index (χ1v) is 9.18. The van der Waals surface area contributed by atoms with Crippen molar-refractivity contribution in [1.29, 1.82) is 0 Å². The van der Waals surface area contributed by atoms with Crippen LogP contribution >= 0.6 is 0 Å². The predicted octanol–water partition coefficient (Wildman–Crippen LogP) is 3.85. The standard InChI is InChI=1S/C22H17F2N5O/c1-14-11-18(8-9-19(14)24)29-21(16-3-2-10-25-13-16)20(27-28-29)22(30)26-12-15-4-6-17(23)7-5-15/h2-11,13H,12H2,1H3,(H,26,30). The molecular formula is C22H17F2N5O. The summed E-state index contributed by atoms with van der Waals surface area (Å²) < 4.78 is 28.3. The van der Waals surface area contributed by atoms with Crippen molar-refractivity contribution in [1.82, 2.24) is 25.3 Å². The van der Waals surface area contributed by atoms with Gasteiger partial charge in [0, 0.05) is 24.5 Å². The van der Waals surface area contributed by atoms with Crippen molar-refractivity contribution in [3.05, 3.63) is 95.4 Å². The highest BCUT2D eigenvalue weighted by atomic mass is 19.1. The lowest BCUT2D eigenvalue weighted by Gasteiger charge is -2.10. The Hall–Kier alpha value is -3.94. The molecule has 0 aliphatic heterocycles. The Bertz CT molecular complexity index is 1190. The Morgan fingerprint density at radius 2 is 1.90 bits per heavy atom. The fourth-order valence-electron chi connectivity index (χ4n) is 3.01. The zero-order valence-electron chi connectivity index (χ0n) is 16.0.